The number of fused-ring (bicyclic) bond motifs is 1. The van der Waals surface area contributed by atoms with E-state index in [2.05, 4.69) is 25.3 Å². The fraction of sp³-hybridized carbons (Fsp3) is 0.250. The van der Waals surface area contributed by atoms with E-state index in [4.69, 9.17) is 4.74 Å². The van der Waals surface area contributed by atoms with Crippen molar-refractivity contribution < 1.29 is 9.53 Å². The Morgan fingerprint density at radius 2 is 2.33 bits per heavy atom. The van der Waals surface area contributed by atoms with Crippen LogP contribution in [0.1, 0.15) is 23.1 Å². The highest BCUT2D eigenvalue weighted by molar-refractivity contribution is 5.87. The minimum absolute atomic E-state index is 0.161. The van der Waals surface area contributed by atoms with Crippen molar-refractivity contribution in [1.29, 1.82) is 0 Å². The highest BCUT2D eigenvalue weighted by Crippen LogP contribution is 2.04. The lowest BCUT2D eigenvalue weighted by Crippen LogP contribution is -2.23. The Kier molecular flexibility index (Phi) is 3.22. The van der Waals surface area contributed by atoms with Gasteiger partial charge in [-0.1, -0.05) is 0 Å². The predicted molar refractivity (Wildman–Crippen MR) is 71.8 cm³/mol. The molecule has 0 aromatic carbocycles. The summed E-state index contributed by atoms with van der Waals surface area (Å²) in [5.74, 6) is -0.511. The van der Waals surface area contributed by atoms with Crippen molar-refractivity contribution in [2.75, 3.05) is 6.61 Å². The van der Waals surface area contributed by atoms with E-state index in [1.165, 1.54) is 23.3 Å². The zero-order valence-electron chi connectivity index (χ0n) is 11.2. The molecule has 21 heavy (non-hydrogen) atoms. The fourth-order valence-corrected chi connectivity index (χ4v) is 1.90. The fourth-order valence-electron chi connectivity index (χ4n) is 1.90. The summed E-state index contributed by atoms with van der Waals surface area (Å²) >= 11 is 0. The van der Waals surface area contributed by atoms with Gasteiger partial charge in [-0.15, -0.1) is 0 Å². The molecule has 108 valence electrons. The van der Waals surface area contributed by atoms with E-state index in [1.807, 2.05) is 0 Å². The van der Waals surface area contributed by atoms with Crippen molar-refractivity contribution in [2.45, 2.75) is 13.5 Å². The third-order valence-corrected chi connectivity index (χ3v) is 2.87. The lowest BCUT2D eigenvalue weighted by molar-refractivity contribution is 0.0519. The van der Waals surface area contributed by atoms with Gasteiger partial charge in [0.1, 0.15) is 0 Å². The van der Waals surface area contributed by atoms with Gasteiger partial charge >= 0.3 is 5.97 Å². The van der Waals surface area contributed by atoms with Crippen LogP contribution in [0, 0.1) is 0 Å². The van der Waals surface area contributed by atoms with E-state index >= 15 is 0 Å². The second-order valence-corrected chi connectivity index (χ2v) is 4.27. The van der Waals surface area contributed by atoms with Crippen molar-refractivity contribution in [3.8, 4) is 0 Å². The van der Waals surface area contributed by atoms with E-state index in [0.717, 1.165) is 0 Å². The molecule has 9 heteroatoms. The van der Waals surface area contributed by atoms with Gasteiger partial charge in [0.05, 0.1) is 36.9 Å². The van der Waals surface area contributed by atoms with Crippen LogP contribution in [0.2, 0.25) is 0 Å². The van der Waals surface area contributed by atoms with Gasteiger partial charge in [-0.2, -0.15) is 10.2 Å². The Balaban J connectivity index is 1.87. The molecule has 0 saturated carbocycles. The van der Waals surface area contributed by atoms with Crippen LogP contribution in [0.15, 0.2) is 23.4 Å². The number of aromatic amines is 2. The van der Waals surface area contributed by atoms with Crippen LogP contribution in [0.25, 0.3) is 11.0 Å². The first kappa shape index (κ1) is 13.0. The third-order valence-electron chi connectivity index (χ3n) is 2.87. The van der Waals surface area contributed by atoms with Gasteiger partial charge in [-0.25, -0.2) is 14.5 Å². The van der Waals surface area contributed by atoms with Crippen LogP contribution < -0.4 is 5.56 Å². The molecule has 0 atom stereocenters. The molecule has 0 aliphatic rings. The van der Waals surface area contributed by atoms with Crippen molar-refractivity contribution in [3.63, 3.8) is 0 Å². The van der Waals surface area contributed by atoms with Gasteiger partial charge in [0.25, 0.3) is 5.56 Å². The van der Waals surface area contributed by atoms with Gasteiger partial charge in [-0.3, -0.25) is 9.89 Å². The molecule has 2 N–H and O–H groups in total. The lowest BCUT2D eigenvalue weighted by atomic mass is 10.3. The van der Waals surface area contributed by atoms with Gasteiger partial charge in [0, 0.05) is 0 Å². The zero-order valence-corrected chi connectivity index (χ0v) is 11.2. The van der Waals surface area contributed by atoms with Crippen LogP contribution >= 0.6 is 0 Å². The Morgan fingerprint density at radius 3 is 3.14 bits per heavy atom. The SMILES string of the molecule is CCOC(=O)c1cc(Cn2ncc3[nH]cnc3c2=O)[nH]n1. The van der Waals surface area contributed by atoms with Crippen LogP contribution in [-0.2, 0) is 11.3 Å². The second kappa shape index (κ2) is 5.19. The number of carbonyl (C=O) groups is 1. The quantitative estimate of drug-likeness (QED) is 0.656. The molecule has 3 aromatic rings. The number of nitrogens with zero attached hydrogens (tertiary/aromatic N) is 4. The summed E-state index contributed by atoms with van der Waals surface area (Å²) in [6, 6.07) is 1.53. The summed E-state index contributed by atoms with van der Waals surface area (Å²) in [6.07, 6.45) is 2.96. The van der Waals surface area contributed by atoms with Crippen molar-refractivity contribution in [1.82, 2.24) is 29.9 Å². The van der Waals surface area contributed by atoms with E-state index in [-0.39, 0.29) is 24.4 Å². The number of H-pyrrole nitrogens is 2. The topological polar surface area (TPSA) is 119 Å². The van der Waals surface area contributed by atoms with E-state index in [1.54, 1.807) is 6.92 Å². The number of aromatic nitrogens is 6. The van der Waals surface area contributed by atoms with Gasteiger partial charge < -0.3 is 9.72 Å². The molecule has 0 saturated heterocycles. The Hall–Kier alpha value is -2.97. The lowest BCUT2D eigenvalue weighted by Gasteiger charge is -2.01. The molecule has 3 rings (SSSR count). The number of hydrogen-bond acceptors (Lipinski definition) is 6. The highest BCUT2D eigenvalue weighted by Gasteiger charge is 2.13. The molecular formula is C12H12N6O3. The largest absolute Gasteiger partial charge is 0.461 e. The number of rotatable bonds is 4. The molecule has 0 radical (unpaired) electrons. The molecule has 0 aliphatic heterocycles. The van der Waals surface area contributed by atoms with Crippen LogP contribution in [-0.4, -0.2) is 42.5 Å². The number of carbonyl (C=O) groups excluding carboxylic acids is 1. The molecule has 0 fully saturated rings. The highest BCUT2D eigenvalue weighted by atomic mass is 16.5. The Labute approximate surface area is 118 Å². The van der Waals surface area contributed by atoms with Crippen LogP contribution in [0.4, 0.5) is 0 Å². The molecule has 0 spiro atoms. The van der Waals surface area contributed by atoms with E-state index in [9.17, 15) is 9.59 Å². The van der Waals surface area contributed by atoms with Gasteiger partial charge in [-0.05, 0) is 13.0 Å². The minimum Gasteiger partial charge on any atom is -0.461 e. The number of hydrogen-bond donors (Lipinski definition) is 2. The van der Waals surface area contributed by atoms with Gasteiger partial charge in [0.15, 0.2) is 11.2 Å². The summed E-state index contributed by atoms with van der Waals surface area (Å²) < 4.78 is 6.08. The Morgan fingerprint density at radius 1 is 1.48 bits per heavy atom. The summed E-state index contributed by atoms with van der Waals surface area (Å²) in [7, 11) is 0. The van der Waals surface area contributed by atoms with Crippen LogP contribution in [0.3, 0.4) is 0 Å². The minimum atomic E-state index is -0.511. The molecule has 0 aliphatic carbocycles. The summed E-state index contributed by atoms with van der Waals surface area (Å²) in [6.45, 7) is 2.15. The predicted octanol–water partition coefficient (Wildman–Crippen LogP) is 0.0677. The molecule has 3 aromatic heterocycles. The second-order valence-electron chi connectivity index (χ2n) is 4.27. The normalized spacial score (nSPS) is 10.9. The third kappa shape index (κ3) is 2.40. The first-order chi connectivity index (χ1) is 10.2. The average Bonchev–Trinajstić information content (AvgIpc) is 3.11. The van der Waals surface area contributed by atoms with Gasteiger partial charge in [0.2, 0.25) is 0 Å². The van der Waals surface area contributed by atoms with E-state index < -0.39 is 5.97 Å². The zero-order chi connectivity index (χ0) is 14.8. The van der Waals surface area contributed by atoms with Crippen LogP contribution in [0.5, 0.6) is 0 Å². The van der Waals surface area contributed by atoms with Crippen molar-refractivity contribution >= 4 is 17.0 Å². The van der Waals surface area contributed by atoms with Crippen molar-refractivity contribution in [2.24, 2.45) is 0 Å². The number of nitrogens with one attached hydrogen (secondary N) is 2. The molecule has 0 amide bonds. The smallest absolute Gasteiger partial charge is 0.358 e. The number of ether oxygens (including phenoxy) is 1. The van der Waals surface area contributed by atoms with Crippen molar-refractivity contribution in [3.05, 3.63) is 40.3 Å². The summed E-state index contributed by atoms with van der Waals surface area (Å²) in [5, 5.41) is 10.6. The van der Waals surface area contributed by atoms with E-state index in [0.29, 0.717) is 16.7 Å². The molecule has 3 heterocycles. The average molecular weight is 288 g/mol. The maximum Gasteiger partial charge on any atom is 0.358 e. The molecular weight excluding hydrogens is 276 g/mol. The molecule has 9 nitrogen and oxygen atoms in total. The monoisotopic (exact) mass is 288 g/mol. The first-order valence-corrected chi connectivity index (χ1v) is 6.29. The number of imidazole rings is 1. The molecule has 0 bridgehead atoms. The summed E-state index contributed by atoms with van der Waals surface area (Å²) in [5.41, 5.74) is 1.31. The summed E-state index contributed by atoms with van der Waals surface area (Å²) in [4.78, 5) is 30.4. The molecule has 0 unspecified atom stereocenters. The maximum atomic E-state index is 12.1. The standard InChI is InChI=1S/C12H12N6O3/c1-2-21-12(20)8-3-7(16-17-8)5-18-11(19)10-9(4-15-18)13-6-14-10/h3-4,6H,2,5H2,1H3,(H,13,14)(H,16,17). The Bertz CT molecular complexity index is 846. The maximum absolute atomic E-state index is 12.1. The first-order valence-electron chi connectivity index (χ1n) is 6.29. The number of esters is 1.